The van der Waals surface area contributed by atoms with E-state index in [9.17, 15) is 4.39 Å². The van der Waals surface area contributed by atoms with Gasteiger partial charge in [-0.15, -0.1) is 0 Å². The number of nitrogens with two attached hydrogens (primary N) is 1. The van der Waals surface area contributed by atoms with E-state index in [2.05, 4.69) is 11.1 Å². The lowest BCUT2D eigenvalue weighted by molar-refractivity contribution is 0.483. The van der Waals surface area contributed by atoms with Gasteiger partial charge in [0.1, 0.15) is 17.3 Å². The third-order valence-corrected chi connectivity index (χ3v) is 4.85. The molecule has 0 atom stereocenters. The van der Waals surface area contributed by atoms with E-state index in [0.717, 1.165) is 52.9 Å². The van der Waals surface area contributed by atoms with E-state index in [1.54, 1.807) is 12.1 Å². The van der Waals surface area contributed by atoms with E-state index in [1.807, 2.05) is 48.5 Å². The second-order valence-electron chi connectivity index (χ2n) is 6.86. The standard InChI is InChI=1S/C24H23FN2O/c25-18-8-6-7-17(15-18)24-21(11-4-5-14-26)22-16-20(12-13-23(22)27-24)28-19-9-2-1-3-10-19/h1-3,6-10,12-13,15-16,27H,4-5,11,14,26H2. The van der Waals surface area contributed by atoms with Gasteiger partial charge in [-0.25, -0.2) is 4.39 Å². The number of aromatic amines is 1. The number of fused-ring (bicyclic) bond motifs is 1. The molecule has 0 amide bonds. The van der Waals surface area contributed by atoms with E-state index >= 15 is 0 Å². The molecule has 3 N–H and O–H groups in total. The van der Waals surface area contributed by atoms with Crippen LogP contribution in [0.5, 0.6) is 11.5 Å². The van der Waals surface area contributed by atoms with Crippen molar-refractivity contribution in [1.82, 2.24) is 4.98 Å². The molecule has 0 fully saturated rings. The number of para-hydroxylation sites is 1. The van der Waals surface area contributed by atoms with E-state index in [0.29, 0.717) is 6.54 Å². The molecule has 142 valence electrons. The van der Waals surface area contributed by atoms with Gasteiger partial charge in [0.2, 0.25) is 0 Å². The van der Waals surface area contributed by atoms with Gasteiger partial charge in [0, 0.05) is 22.2 Å². The Hall–Kier alpha value is -3.11. The summed E-state index contributed by atoms with van der Waals surface area (Å²) < 4.78 is 19.8. The van der Waals surface area contributed by atoms with Crippen molar-refractivity contribution in [2.24, 2.45) is 5.73 Å². The van der Waals surface area contributed by atoms with Crippen LogP contribution in [0.3, 0.4) is 0 Å². The Morgan fingerprint density at radius 3 is 2.50 bits per heavy atom. The quantitative estimate of drug-likeness (QED) is 0.387. The molecule has 0 bridgehead atoms. The summed E-state index contributed by atoms with van der Waals surface area (Å²) in [4.78, 5) is 3.47. The molecule has 0 saturated heterocycles. The number of aromatic nitrogens is 1. The fraction of sp³-hybridized carbons (Fsp3) is 0.167. The Kier molecular flexibility index (Phi) is 5.40. The highest BCUT2D eigenvalue weighted by atomic mass is 19.1. The average Bonchev–Trinajstić information content (AvgIpc) is 3.07. The minimum Gasteiger partial charge on any atom is -0.457 e. The molecule has 0 saturated carbocycles. The van der Waals surface area contributed by atoms with Crippen LogP contribution in [0.4, 0.5) is 4.39 Å². The van der Waals surface area contributed by atoms with E-state index in [4.69, 9.17) is 10.5 Å². The van der Waals surface area contributed by atoms with Crippen LogP contribution in [0.25, 0.3) is 22.2 Å². The highest BCUT2D eigenvalue weighted by Crippen LogP contribution is 2.35. The van der Waals surface area contributed by atoms with Gasteiger partial charge in [-0.2, -0.15) is 0 Å². The van der Waals surface area contributed by atoms with E-state index in [1.165, 1.54) is 11.6 Å². The zero-order chi connectivity index (χ0) is 19.3. The van der Waals surface area contributed by atoms with Crippen molar-refractivity contribution in [1.29, 1.82) is 0 Å². The molecular weight excluding hydrogens is 351 g/mol. The first-order valence-corrected chi connectivity index (χ1v) is 9.58. The monoisotopic (exact) mass is 374 g/mol. The highest BCUT2D eigenvalue weighted by molar-refractivity contribution is 5.91. The van der Waals surface area contributed by atoms with Crippen molar-refractivity contribution in [2.75, 3.05) is 6.54 Å². The Bertz CT molecular complexity index is 1070. The van der Waals surface area contributed by atoms with Gasteiger partial charge in [-0.1, -0.05) is 30.3 Å². The van der Waals surface area contributed by atoms with Gasteiger partial charge in [0.25, 0.3) is 0 Å². The van der Waals surface area contributed by atoms with Crippen LogP contribution in [-0.2, 0) is 6.42 Å². The molecule has 3 aromatic carbocycles. The first-order valence-electron chi connectivity index (χ1n) is 9.58. The van der Waals surface area contributed by atoms with Crippen molar-refractivity contribution < 1.29 is 9.13 Å². The van der Waals surface area contributed by atoms with Crippen molar-refractivity contribution >= 4 is 10.9 Å². The van der Waals surface area contributed by atoms with Crippen molar-refractivity contribution in [2.45, 2.75) is 19.3 Å². The Labute approximate surface area is 164 Å². The number of halogens is 1. The number of ether oxygens (including phenoxy) is 1. The molecule has 1 heterocycles. The molecule has 0 spiro atoms. The third-order valence-electron chi connectivity index (χ3n) is 4.85. The predicted octanol–water partition coefficient (Wildman–Crippen LogP) is 6.05. The molecule has 1 aromatic heterocycles. The maximum atomic E-state index is 13.8. The predicted molar refractivity (Wildman–Crippen MR) is 112 cm³/mol. The summed E-state index contributed by atoms with van der Waals surface area (Å²) in [6, 6.07) is 22.4. The largest absolute Gasteiger partial charge is 0.457 e. The zero-order valence-corrected chi connectivity index (χ0v) is 15.6. The first kappa shape index (κ1) is 18.3. The maximum absolute atomic E-state index is 13.8. The van der Waals surface area contributed by atoms with Gasteiger partial charge in [-0.05, 0) is 73.8 Å². The molecule has 4 heteroatoms. The fourth-order valence-electron chi connectivity index (χ4n) is 3.51. The smallest absolute Gasteiger partial charge is 0.128 e. The summed E-state index contributed by atoms with van der Waals surface area (Å²) in [7, 11) is 0. The van der Waals surface area contributed by atoms with Crippen LogP contribution in [0, 0.1) is 5.82 Å². The number of hydrogen-bond acceptors (Lipinski definition) is 2. The number of nitrogens with one attached hydrogen (secondary N) is 1. The fourth-order valence-corrected chi connectivity index (χ4v) is 3.51. The lowest BCUT2D eigenvalue weighted by Crippen LogP contribution is -1.99. The summed E-state index contributed by atoms with van der Waals surface area (Å²) in [5, 5.41) is 1.10. The Balaban J connectivity index is 1.77. The highest BCUT2D eigenvalue weighted by Gasteiger charge is 2.14. The number of unbranched alkanes of at least 4 members (excludes halogenated alkanes) is 1. The van der Waals surface area contributed by atoms with Gasteiger partial charge in [0.15, 0.2) is 0 Å². The molecule has 0 aliphatic carbocycles. The molecule has 0 aliphatic heterocycles. The molecule has 3 nitrogen and oxygen atoms in total. The van der Waals surface area contributed by atoms with Crippen LogP contribution in [0.2, 0.25) is 0 Å². The summed E-state index contributed by atoms with van der Waals surface area (Å²) >= 11 is 0. The molecular formula is C24H23FN2O. The third kappa shape index (κ3) is 3.92. The number of hydrogen-bond donors (Lipinski definition) is 2. The number of aryl methyl sites for hydroxylation is 1. The van der Waals surface area contributed by atoms with Crippen LogP contribution >= 0.6 is 0 Å². The van der Waals surface area contributed by atoms with Crippen molar-refractivity contribution in [3.05, 3.63) is 84.2 Å². The van der Waals surface area contributed by atoms with Gasteiger partial charge >= 0.3 is 0 Å². The van der Waals surface area contributed by atoms with Crippen LogP contribution in [0.15, 0.2) is 72.8 Å². The molecule has 0 radical (unpaired) electrons. The summed E-state index contributed by atoms with van der Waals surface area (Å²) in [6.07, 6.45) is 2.81. The topological polar surface area (TPSA) is 51.0 Å². The van der Waals surface area contributed by atoms with E-state index in [-0.39, 0.29) is 5.82 Å². The number of rotatable bonds is 7. The number of H-pyrrole nitrogens is 1. The molecule has 0 unspecified atom stereocenters. The van der Waals surface area contributed by atoms with Gasteiger partial charge < -0.3 is 15.5 Å². The first-order chi connectivity index (χ1) is 13.7. The second-order valence-corrected chi connectivity index (χ2v) is 6.86. The zero-order valence-electron chi connectivity index (χ0n) is 15.6. The van der Waals surface area contributed by atoms with Crippen molar-refractivity contribution in [3.63, 3.8) is 0 Å². The Morgan fingerprint density at radius 2 is 1.71 bits per heavy atom. The van der Waals surface area contributed by atoms with Gasteiger partial charge in [0.05, 0.1) is 0 Å². The average molecular weight is 374 g/mol. The van der Waals surface area contributed by atoms with E-state index < -0.39 is 0 Å². The summed E-state index contributed by atoms with van der Waals surface area (Å²) in [6.45, 7) is 0.667. The Morgan fingerprint density at radius 1 is 0.857 bits per heavy atom. The van der Waals surface area contributed by atoms with Crippen molar-refractivity contribution in [3.8, 4) is 22.8 Å². The molecule has 28 heavy (non-hydrogen) atoms. The van der Waals surface area contributed by atoms with Crippen LogP contribution < -0.4 is 10.5 Å². The maximum Gasteiger partial charge on any atom is 0.128 e. The minimum atomic E-state index is -0.239. The number of benzene rings is 3. The van der Waals surface area contributed by atoms with Crippen LogP contribution in [-0.4, -0.2) is 11.5 Å². The molecule has 4 rings (SSSR count). The molecule has 4 aromatic rings. The SMILES string of the molecule is NCCCCc1c(-c2cccc(F)c2)[nH]c2ccc(Oc3ccccc3)cc12. The normalized spacial score (nSPS) is 11.1. The molecule has 0 aliphatic rings. The summed E-state index contributed by atoms with van der Waals surface area (Å²) in [5.41, 5.74) is 9.68. The second kappa shape index (κ2) is 8.28. The van der Waals surface area contributed by atoms with Gasteiger partial charge in [-0.3, -0.25) is 0 Å². The minimum absolute atomic E-state index is 0.239. The summed E-state index contributed by atoms with van der Waals surface area (Å²) in [5.74, 6) is 1.34. The lowest BCUT2D eigenvalue weighted by atomic mass is 10.00. The lowest BCUT2D eigenvalue weighted by Gasteiger charge is -2.07. The van der Waals surface area contributed by atoms with Crippen LogP contribution in [0.1, 0.15) is 18.4 Å².